The van der Waals surface area contributed by atoms with Crippen molar-refractivity contribution in [1.29, 1.82) is 0 Å². The van der Waals surface area contributed by atoms with Crippen LogP contribution in [0.25, 0.3) is 0 Å². The van der Waals surface area contributed by atoms with Gasteiger partial charge in [-0.2, -0.15) is 13.2 Å². The smallest absolute Gasteiger partial charge is 0.377 e. The third-order valence-electron chi connectivity index (χ3n) is 5.42. The predicted octanol–water partition coefficient (Wildman–Crippen LogP) is 4.38. The number of ether oxygens (including phenoxy) is 1. The number of Topliss-reactive ketones (excluding diaryl/α,β-unsaturated/α-hetero) is 1. The number of benzene rings is 1. The molecule has 0 bridgehead atoms. The van der Waals surface area contributed by atoms with Gasteiger partial charge in [-0.15, -0.1) is 0 Å². The van der Waals surface area contributed by atoms with Gasteiger partial charge < -0.3 is 9.30 Å². The number of pyridine rings is 2. The third kappa shape index (κ3) is 4.47. The van der Waals surface area contributed by atoms with Crippen molar-refractivity contribution in [3.05, 3.63) is 99.5 Å². The van der Waals surface area contributed by atoms with Gasteiger partial charge >= 0.3 is 6.18 Å². The summed E-state index contributed by atoms with van der Waals surface area (Å²) in [6, 6.07) is 9.31. The second-order valence-electron chi connectivity index (χ2n) is 7.52. The molecule has 1 saturated heterocycles. The van der Waals surface area contributed by atoms with E-state index in [1.807, 2.05) is 0 Å². The summed E-state index contributed by atoms with van der Waals surface area (Å²) in [5, 5.41) is 0. The maximum Gasteiger partial charge on any atom is 0.416 e. The Bertz CT molecular complexity index is 1180. The molecular weight excluding hydrogens is 428 g/mol. The Morgan fingerprint density at radius 3 is 2.44 bits per heavy atom. The van der Waals surface area contributed by atoms with Crippen LogP contribution >= 0.6 is 0 Å². The number of carbonyl (C=O) groups is 1. The summed E-state index contributed by atoms with van der Waals surface area (Å²) < 4.78 is 59.9. The highest BCUT2D eigenvalue weighted by atomic mass is 19.4. The number of carbonyl (C=O) groups excluding carboxylic acids is 1. The van der Waals surface area contributed by atoms with Crippen LogP contribution in [0.1, 0.15) is 45.6 Å². The molecule has 0 radical (unpaired) electrons. The van der Waals surface area contributed by atoms with Crippen molar-refractivity contribution in [1.82, 2.24) is 9.55 Å². The standard InChI is InChI=1S/C23H18F4N2O3/c24-19-2-1-9-28-22(19)18(14-3-6-16(7-4-14)23(25,26)27)10-20(30)15-5-8-21(31)29(11-15)17-12-32-13-17/h1-9,11,17-18H,10,12-13H2/t18-/m0/s1. The van der Waals surface area contributed by atoms with Gasteiger partial charge in [0.25, 0.3) is 5.56 Å². The van der Waals surface area contributed by atoms with E-state index in [4.69, 9.17) is 4.74 Å². The highest BCUT2D eigenvalue weighted by Gasteiger charge is 2.31. The van der Waals surface area contributed by atoms with Crippen molar-refractivity contribution in [3.63, 3.8) is 0 Å². The van der Waals surface area contributed by atoms with Crippen molar-refractivity contribution in [2.75, 3.05) is 13.2 Å². The Morgan fingerprint density at radius 1 is 1.12 bits per heavy atom. The summed E-state index contributed by atoms with van der Waals surface area (Å²) in [5.74, 6) is -1.96. The minimum absolute atomic E-state index is 0.0404. The summed E-state index contributed by atoms with van der Waals surface area (Å²) in [4.78, 5) is 29.2. The van der Waals surface area contributed by atoms with Crippen molar-refractivity contribution >= 4 is 5.78 Å². The van der Waals surface area contributed by atoms with Crippen LogP contribution < -0.4 is 5.56 Å². The molecule has 1 aromatic carbocycles. The second kappa shape index (κ2) is 8.66. The van der Waals surface area contributed by atoms with E-state index in [9.17, 15) is 27.2 Å². The number of nitrogens with zero attached hydrogens (tertiary/aromatic N) is 2. The maximum absolute atomic E-state index is 14.5. The first-order valence-electron chi connectivity index (χ1n) is 9.85. The van der Waals surface area contributed by atoms with E-state index in [2.05, 4.69) is 4.98 Å². The van der Waals surface area contributed by atoms with Crippen LogP contribution in [-0.4, -0.2) is 28.5 Å². The Balaban J connectivity index is 1.68. The summed E-state index contributed by atoms with van der Waals surface area (Å²) in [5.41, 5.74) is -0.594. The van der Waals surface area contributed by atoms with E-state index >= 15 is 0 Å². The molecule has 0 spiro atoms. The number of hydrogen-bond donors (Lipinski definition) is 0. The molecule has 9 heteroatoms. The number of rotatable bonds is 6. The molecule has 1 aliphatic heterocycles. The summed E-state index contributed by atoms with van der Waals surface area (Å²) >= 11 is 0. The first-order valence-corrected chi connectivity index (χ1v) is 9.85. The van der Waals surface area contributed by atoms with Gasteiger partial charge in [-0.05, 0) is 35.9 Å². The minimum atomic E-state index is -4.51. The zero-order chi connectivity index (χ0) is 22.9. The van der Waals surface area contributed by atoms with E-state index < -0.39 is 29.3 Å². The topological polar surface area (TPSA) is 61.2 Å². The Hall–Kier alpha value is -3.33. The first kappa shape index (κ1) is 21.9. The molecule has 0 unspecified atom stereocenters. The number of halogens is 4. The number of alkyl halides is 3. The van der Waals surface area contributed by atoms with Crippen molar-refractivity contribution < 1.29 is 27.1 Å². The molecule has 5 nitrogen and oxygen atoms in total. The van der Waals surface area contributed by atoms with E-state index in [0.29, 0.717) is 18.8 Å². The van der Waals surface area contributed by atoms with Crippen molar-refractivity contribution in [3.8, 4) is 0 Å². The molecule has 0 aliphatic carbocycles. The quantitative estimate of drug-likeness (QED) is 0.417. The average molecular weight is 446 g/mol. The monoisotopic (exact) mass is 446 g/mol. The third-order valence-corrected chi connectivity index (χ3v) is 5.42. The highest BCUT2D eigenvalue weighted by Crippen LogP contribution is 2.34. The summed E-state index contributed by atoms with van der Waals surface area (Å²) in [6.45, 7) is 0.732. The van der Waals surface area contributed by atoms with Gasteiger partial charge in [-0.1, -0.05) is 12.1 Å². The zero-order valence-electron chi connectivity index (χ0n) is 16.7. The van der Waals surface area contributed by atoms with E-state index in [1.54, 1.807) is 0 Å². The van der Waals surface area contributed by atoms with Crippen LogP contribution in [0.4, 0.5) is 17.6 Å². The lowest BCUT2D eigenvalue weighted by Gasteiger charge is -2.28. The van der Waals surface area contributed by atoms with Gasteiger partial charge in [0.1, 0.15) is 5.82 Å². The molecule has 0 N–H and O–H groups in total. The normalized spacial score (nSPS) is 15.2. The Labute approximate surface area is 180 Å². The Morgan fingerprint density at radius 2 is 1.84 bits per heavy atom. The lowest BCUT2D eigenvalue weighted by atomic mass is 9.88. The molecule has 3 heterocycles. The van der Waals surface area contributed by atoms with Gasteiger partial charge in [0.15, 0.2) is 5.78 Å². The number of hydrogen-bond acceptors (Lipinski definition) is 4. The summed E-state index contributed by atoms with van der Waals surface area (Å²) in [6.07, 6.45) is -1.95. The van der Waals surface area contributed by atoms with Gasteiger partial charge in [-0.25, -0.2) is 4.39 Å². The molecule has 1 fully saturated rings. The fraction of sp³-hybridized carbons (Fsp3) is 0.261. The molecular formula is C23H18F4N2O3. The van der Waals surface area contributed by atoms with Gasteiger partial charge in [-0.3, -0.25) is 14.6 Å². The van der Waals surface area contributed by atoms with Gasteiger partial charge in [0, 0.05) is 36.4 Å². The second-order valence-corrected chi connectivity index (χ2v) is 7.52. The van der Waals surface area contributed by atoms with Crippen molar-refractivity contribution in [2.24, 2.45) is 0 Å². The zero-order valence-corrected chi connectivity index (χ0v) is 16.7. The molecule has 3 aromatic rings. The van der Waals surface area contributed by atoms with Crippen LogP contribution in [0.3, 0.4) is 0 Å². The lowest BCUT2D eigenvalue weighted by Crippen LogP contribution is -2.37. The van der Waals surface area contributed by atoms with E-state index in [-0.39, 0.29) is 29.3 Å². The van der Waals surface area contributed by atoms with Crippen LogP contribution in [0.15, 0.2) is 65.7 Å². The van der Waals surface area contributed by atoms with Gasteiger partial charge in [0.05, 0.1) is 30.5 Å². The van der Waals surface area contributed by atoms with Crippen molar-refractivity contribution in [2.45, 2.75) is 24.6 Å². The molecule has 1 atom stereocenters. The summed E-state index contributed by atoms with van der Waals surface area (Å²) in [7, 11) is 0. The fourth-order valence-electron chi connectivity index (χ4n) is 3.57. The molecule has 4 rings (SSSR count). The molecule has 0 saturated carbocycles. The van der Waals surface area contributed by atoms with Crippen LogP contribution in [0.2, 0.25) is 0 Å². The molecule has 166 valence electrons. The molecule has 2 aromatic heterocycles. The molecule has 32 heavy (non-hydrogen) atoms. The number of aromatic nitrogens is 2. The predicted molar refractivity (Wildman–Crippen MR) is 107 cm³/mol. The minimum Gasteiger partial charge on any atom is -0.377 e. The fourth-order valence-corrected chi connectivity index (χ4v) is 3.57. The van der Waals surface area contributed by atoms with E-state index in [1.165, 1.54) is 53.4 Å². The lowest BCUT2D eigenvalue weighted by molar-refractivity contribution is -0.137. The Kier molecular flexibility index (Phi) is 5.92. The van der Waals surface area contributed by atoms with Gasteiger partial charge in [0.2, 0.25) is 0 Å². The maximum atomic E-state index is 14.5. The largest absolute Gasteiger partial charge is 0.416 e. The van der Waals surface area contributed by atoms with E-state index in [0.717, 1.165) is 12.1 Å². The molecule has 1 aliphatic rings. The highest BCUT2D eigenvalue weighted by molar-refractivity contribution is 5.96. The molecule has 0 amide bonds. The first-order chi connectivity index (χ1) is 15.2. The SMILES string of the molecule is O=C(C[C@@H](c1ccc(C(F)(F)F)cc1)c1ncccc1F)c1ccc(=O)n(C2COC2)c1. The van der Waals surface area contributed by atoms with Crippen LogP contribution in [-0.2, 0) is 10.9 Å². The van der Waals surface area contributed by atoms with Crippen LogP contribution in [0.5, 0.6) is 0 Å². The number of ketones is 1. The van der Waals surface area contributed by atoms with Crippen LogP contribution in [0, 0.1) is 5.82 Å². The average Bonchev–Trinajstić information content (AvgIpc) is 2.72.